The van der Waals surface area contributed by atoms with Crippen molar-refractivity contribution in [3.05, 3.63) is 67.1 Å². The Hall–Kier alpha value is -2.33. The molecule has 10 heteroatoms. The van der Waals surface area contributed by atoms with Crippen molar-refractivity contribution in [2.24, 2.45) is 5.73 Å². The van der Waals surface area contributed by atoms with Crippen LogP contribution in [0.4, 0.5) is 14.5 Å². The van der Waals surface area contributed by atoms with E-state index in [4.69, 9.17) is 11.5 Å². The third kappa shape index (κ3) is 4.40. The predicted molar refractivity (Wildman–Crippen MR) is 97.1 cm³/mol. The first-order valence-corrected chi connectivity index (χ1v) is 8.16. The third-order valence-corrected chi connectivity index (χ3v) is 3.94. The van der Waals surface area contributed by atoms with Crippen molar-refractivity contribution >= 4 is 54.4 Å². The van der Waals surface area contributed by atoms with Gasteiger partial charge in [-0.05, 0) is 24.3 Å². The van der Waals surface area contributed by atoms with Gasteiger partial charge in [0.25, 0.3) is 11.5 Å². The second kappa shape index (κ2) is 7.70. The number of aromatic nitrogens is 2. The number of nitrogens with zero attached hydrogens (tertiary/aromatic N) is 1. The smallest absolute Gasteiger partial charge is 0.258 e. The maximum atomic E-state index is 13.2. The van der Waals surface area contributed by atoms with Crippen molar-refractivity contribution in [1.29, 1.82) is 0 Å². The first-order chi connectivity index (χ1) is 11.7. The Labute approximate surface area is 156 Å². The molecule has 0 aliphatic carbocycles. The third-order valence-electron chi connectivity index (χ3n) is 3.02. The van der Waals surface area contributed by atoms with E-state index in [0.717, 1.165) is 0 Å². The van der Waals surface area contributed by atoms with E-state index in [2.05, 4.69) is 41.8 Å². The number of halogens is 4. The summed E-state index contributed by atoms with van der Waals surface area (Å²) in [5.74, 6) is -1.90. The average Bonchev–Trinajstić information content (AvgIpc) is 2.52. The first-order valence-electron chi connectivity index (χ1n) is 6.57. The Morgan fingerprint density at radius 1 is 1.08 bits per heavy atom. The number of benzene rings is 2. The van der Waals surface area contributed by atoms with Crippen molar-refractivity contribution < 1.29 is 13.6 Å². The summed E-state index contributed by atoms with van der Waals surface area (Å²) < 4.78 is 27.0. The molecular formula is C15H10Br2F2N4O2. The van der Waals surface area contributed by atoms with Gasteiger partial charge < -0.3 is 16.5 Å². The van der Waals surface area contributed by atoms with Crippen molar-refractivity contribution in [2.45, 2.75) is 0 Å². The summed E-state index contributed by atoms with van der Waals surface area (Å²) in [6.45, 7) is 0. The highest BCUT2D eigenvalue weighted by Gasteiger charge is 2.10. The molecule has 0 unspecified atom stereocenters. The van der Waals surface area contributed by atoms with Crippen LogP contribution in [0, 0.1) is 11.6 Å². The molecule has 0 aliphatic rings. The van der Waals surface area contributed by atoms with Crippen LogP contribution in [-0.2, 0) is 0 Å². The number of aromatic amines is 1. The molecule has 1 aromatic heterocycles. The minimum atomic E-state index is -0.743. The number of H-pyrrole nitrogens is 1. The molecule has 0 bridgehead atoms. The van der Waals surface area contributed by atoms with E-state index in [9.17, 15) is 18.4 Å². The van der Waals surface area contributed by atoms with E-state index in [0.29, 0.717) is 8.95 Å². The number of hydrogen-bond acceptors (Lipinski definition) is 4. The van der Waals surface area contributed by atoms with Gasteiger partial charge in [-0.2, -0.15) is 0 Å². The van der Waals surface area contributed by atoms with Crippen molar-refractivity contribution in [2.75, 3.05) is 5.73 Å². The number of nitrogens with two attached hydrogens (primary N) is 2. The highest BCUT2D eigenvalue weighted by Crippen LogP contribution is 2.21. The van der Waals surface area contributed by atoms with Gasteiger partial charge >= 0.3 is 0 Å². The van der Waals surface area contributed by atoms with E-state index in [1.54, 1.807) is 0 Å². The Balaban J connectivity index is 0.000000181. The van der Waals surface area contributed by atoms with Gasteiger partial charge in [0.2, 0.25) is 0 Å². The van der Waals surface area contributed by atoms with E-state index >= 15 is 0 Å². The Morgan fingerprint density at radius 3 is 2.32 bits per heavy atom. The number of nitrogen functional groups attached to an aromatic ring is 1. The lowest BCUT2D eigenvalue weighted by Gasteiger charge is -2.02. The number of carbonyl (C=O) groups excluding carboxylic acids is 1. The summed E-state index contributed by atoms with van der Waals surface area (Å²) in [5.41, 5.74) is 9.72. The van der Waals surface area contributed by atoms with Gasteiger partial charge in [-0.1, -0.05) is 31.9 Å². The molecule has 1 amide bonds. The van der Waals surface area contributed by atoms with E-state index in [1.165, 1.54) is 30.6 Å². The van der Waals surface area contributed by atoms with Crippen molar-refractivity contribution in [3.63, 3.8) is 0 Å². The Bertz CT molecular complexity index is 1020. The fraction of sp³-hybridized carbons (Fsp3) is 0. The standard InChI is InChI=1S/C8H4BrFN2O.C7H6BrFN2O/c9-4-1-5-7(6(10)2-4)11-3-12-8(5)13;8-3-1-4(7(11)12)6(10)5(9)2-3/h1-3H,(H,11,12,13);1-2H,10H2,(H2,11,12). The SMILES string of the molecule is NC(=O)c1cc(Br)cc(F)c1N.O=c1[nH]cnc2c(F)cc(Br)cc12. The first kappa shape index (κ1) is 19.0. The topological polar surface area (TPSA) is 115 Å². The predicted octanol–water partition coefficient (Wildman–Crippen LogP) is 3.09. The van der Waals surface area contributed by atoms with Crippen LogP contribution >= 0.6 is 31.9 Å². The van der Waals surface area contributed by atoms with Gasteiger partial charge in [0.05, 0.1) is 23.0 Å². The van der Waals surface area contributed by atoms with Crippen LogP contribution in [0.5, 0.6) is 0 Å². The van der Waals surface area contributed by atoms with E-state index in [-0.39, 0.29) is 27.7 Å². The van der Waals surface area contributed by atoms with Crippen molar-refractivity contribution in [3.8, 4) is 0 Å². The van der Waals surface area contributed by atoms with Crippen molar-refractivity contribution in [1.82, 2.24) is 9.97 Å². The lowest BCUT2D eigenvalue weighted by Crippen LogP contribution is -2.14. The lowest BCUT2D eigenvalue weighted by molar-refractivity contribution is 0.100. The largest absolute Gasteiger partial charge is 0.396 e. The zero-order chi connectivity index (χ0) is 18.7. The second-order valence-corrected chi connectivity index (χ2v) is 6.56. The van der Waals surface area contributed by atoms with Crippen LogP contribution in [0.25, 0.3) is 10.9 Å². The van der Waals surface area contributed by atoms with E-state index in [1.807, 2.05) is 0 Å². The zero-order valence-corrected chi connectivity index (χ0v) is 15.5. The quantitative estimate of drug-likeness (QED) is 0.469. The molecule has 6 nitrogen and oxygen atoms in total. The molecule has 1 heterocycles. The molecule has 5 N–H and O–H groups in total. The Kier molecular flexibility index (Phi) is 5.85. The maximum Gasteiger partial charge on any atom is 0.258 e. The maximum absolute atomic E-state index is 13.2. The molecule has 0 atom stereocenters. The molecular weight excluding hydrogens is 466 g/mol. The van der Waals surface area contributed by atoms with Crippen LogP contribution < -0.4 is 17.0 Å². The van der Waals surface area contributed by atoms with E-state index < -0.39 is 17.5 Å². The monoisotopic (exact) mass is 474 g/mol. The summed E-state index contributed by atoms with van der Waals surface area (Å²) in [7, 11) is 0. The normalized spacial score (nSPS) is 10.2. The molecule has 130 valence electrons. The molecule has 25 heavy (non-hydrogen) atoms. The second-order valence-electron chi connectivity index (χ2n) is 4.73. The molecule has 0 spiro atoms. The highest BCUT2D eigenvalue weighted by molar-refractivity contribution is 9.10. The number of fused-ring (bicyclic) bond motifs is 1. The Morgan fingerprint density at radius 2 is 1.68 bits per heavy atom. The fourth-order valence-electron chi connectivity index (χ4n) is 1.89. The summed E-state index contributed by atoms with van der Waals surface area (Å²) in [5, 5.41) is 0.245. The molecule has 0 saturated heterocycles. The van der Waals surface area contributed by atoms with Gasteiger partial charge in [-0.25, -0.2) is 13.8 Å². The summed E-state index contributed by atoms with van der Waals surface area (Å²) in [4.78, 5) is 28.0. The molecule has 0 fully saturated rings. The van der Waals surface area contributed by atoms with Crippen LogP contribution in [0.1, 0.15) is 10.4 Å². The lowest BCUT2D eigenvalue weighted by atomic mass is 10.1. The number of nitrogens with one attached hydrogen (secondary N) is 1. The van der Waals surface area contributed by atoms with Gasteiger partial charge in [0, 0.05) is 8.95 Å². The van der Waals surface area contributed by atoms with Gasteiger partial charge in [-0.3, -0.25) is 9.59 Å². The van der Waals surface area contributed by atoms with Gasteiger partial charge in [0.15, 0.2) is 5.82 Å². The summed E-state index contributed by atoms with van der Waals surface area (Å²) in [6.07, 6.45) is 1.18. The minimum absolute atomic E-state index is 0.0122. The summed E-state index contributed by atoms with van der Waals surface area (Å²) >= 11 is 6.11. The molecule has 3 aromatic rings. The number of amides is 1. The molecule has 0 saturated carbocycles. The highest BCUT2D eigenvalue weighted by atomic mass is 79.9. The van der Waals surface area contributed by atoms with Crippen LogP contribution in [0.15, 0.2) is 44.3 Å². The van der Waals surface area contributed by atoms with Gasteiger partial charge in [-0.15, -0.1) is 0 Å². The summed E-state index contributed by atoms with van der Waals surface area (Å²) in [6, 6.07) is 5.35. The number of rotatable bonds is 1. The fourth-order valence-corrected chi connectivity index (χ4v) is 2.75. The molecule has 3 rings (SSSR count). The molecule has 0 aliphatic heterocycles. The zero-order valence-electron chi connectivity index (χ0n) is 12.3. The number of carbonyl (C=O) groups is 1. The molecule has 0 radical (unpaired) electrons. The number of anilines is 1. The van der Waals surface area contributed by atoms with Crippen LogP contribution in [0.2, 0.25) is 0 Å². The van der Waals surface area contributed by atoms with Gasteiger partial charge in [0.1, 0.15) is 11.3 Å². The van der Waals surface area contributed by atoms with Crippen LogP contribution in [0.3, 0.4) is 0 Å². The van der Waals surface area contributed by atoms with Crippen LogP contribution in [-0.4, -0.2) is 15.9 Å². The number of primary amides is 1. The minimum Gasteiger partial charge on any atom is -0.396 e. The molecule has 2 aromatic carbocycles. The average molecular weight is 476 g/mol. The number of hydrogen-bond donors (Lipinski definition) is 3.